The van der Waals surface area contributed by atoms with E-state index >= 15 is 0 Å². The predicted molar refractivity (Wildman–Crippen MR) is 127 cm³/mol. The van der Waals surface area contributed by atoms with E-state index < -0.39 is 5.97 Å². The van der Waals surface area contributed by atoms with Gasteiger partial charge in [0.1, 0.15) is 0 Å². The summed E-state index contributed by atoms with van der Waals surface area (Å²) in [6.07, 6.45) is 1.80. The Morgan fingerprint density at radius 2 is 1.81 bits per heavy atom. The van der Waals surface area contributed by atoms with E-state index in [9.17, 15) is 9.90 Å². The Balaban J connectivity index is 1.71. The minimum atomic E-state index is -0.950. The minimum absolute atomic E-state index is 0.0921. The highest BCUT2D eigenvalue weighted by Crippen LogP contribution is 2.36. The third-order valence-corrected chi connectivity index (χ3v) is 6.00. The number of hydrogen-bond acceptors (Lipinski definition) is 4. The molecule has 0 spiro atoms. The van der Waals surface area contributed by atoms with Crippen molar-refractivity contribution in [1.29, 1.82) is 0 Å². The van der Waals surface area contributed by atoms with Crippen molar-refractivity contribution in [2.75, 3.05) is 11.9 Å². The van der Waals surface area contributed by atoms with E-state index in [-0.39, 0.29) is 11.6 Å². The van der Waals surface area contributed by atoms with E-state index in [1.54, 1.807) is 24.4 Å². The fourth-order valence-electron chi connectivity index (χ4n) is 4.03. The number of benzene rings is 3. The van der Waals surface area contributed by atoms with E-state index in [2.05, 4.69) is 40.2 Å². The Morgan fingerprint density at radius 3 is 2.59 bits per heavy atom. The van der Waals surface area contributed by atoms with Crippen molar-refractivity contribution < 1.29 is 9.90 Å². The number of carboxylic acids is 1. The average Bonchev–Trinajstić information content (AvgIpc) is 3.30. The lowest BCUT2D eigenvalue weighted by atomic mass is 10.0. The van der Waals surface area contributed by atoms with Gasteiger partial charge < -0.3 is 10.0 Å². The van der Waals surface area contributed by atoms with Crippen molar-refractivity contribution in [1.82, 2.24) is 15.2 Å². The van der Waals surface area contributed by atoms with E-state index in [0.29, 0.717) is 0 Å². The third kappa shape index (κ3) is 3.46. The van der Waals surface area contributed by atoms with Crippen molar-refractivity contribution in [2.24, 2.45) is 0 Å². The number of fused-ring (bicyclic) bond motifs is 2. The Labute approximate surface area is 185 Å². The predicted octanol–water partition coefficient (Wildman–Crippen LogP) is 5.67. The zero-order valence-electron chi connectivity index (χ0n) is 17.8. The SMILES string of the molecule is C[C@@H](c1ccccc1)N(C)c1cc2cc(C(=O)O)ccc2nc1-c1ccc2[nH]ncc2c1. The molecule has 0 radical (unpaired) electrons. The van der Waals surface area contributed by atoms with E-state index in [0.717, 1.165) is 38.8 Å². The molecule has 0 amide bonds. The normalized spacial score (nSPS) is 12.2. The van der Waals surface area contributed by atoms with Gasteiger partial charge >= 0.3 is 5.97 Å². The summed E-state index contributed by atoms with van der Waals surface area (Å²) < 4.78 is 0. The molecule has 5 aromatic rings. The average molecular weight is 422 g/mol. The van der Waals surface area contributed by atoms with Gasteiger partial charge in [-0.25, -0.2) is 9.78 Å². The molecule has 0 saturated heterocycles. The molecule has 2 aromatic heterocycles. The number of pyridine rings is 1. The number of carbonyl (C=O) groups is 1. The highest BCUT2D eigenvalue weighted by molar-refractivity contribution is 5.96. The Morgan fingerprint density at radius 1 is 1.00 bits per heavy atom. The summed E-state index contributed by atoms with van der Waals surface area (Å²) >= 11 is 0. The fraction of sp³-hybridized carbons (Fsp3) is 0.115. The van der Waals surface area contributed by atoms with E-state index in [1.807, 2.05) is 43.4 Å². The molecule has 0 aliphatic carbocycles. The lowest BCUT2D eigenvalue weighted by Gasteiger charge is -2.29. The van der Waals surface area contributed by atoms with Gasteiger partial charge in [0.2, 0.25) is 0 Å². The van der Waals surface area contributed by atoms with Crippen LogP contribution in [0.1, 0.15) is 28.9 Å². The van der Waals surface area contributed by atoms with Crippen LogP contribution in [0.5, 0.6) is 0 Å². The molecular formula is C26H22N4O2. The lowest BCUT2D eigenvalue weighted by molar-refractivity contribution is 0.0697. The third-order valence-electron chi connectivity index (χ3n) is 6.00. The quantitative estimate of drug-likeness (QED) is 0.381. The van der Waals surface area contributed by atoms with Crippen molar-refractivity contribution in [2.45, 2.75) is 13.0 Å². The number of hydrogen-bond donors (Lipinski definition) is 2. The smallest absolute Gasteiger partial charge is 0.335 e. The molecule has 32 heavy (non-hydrogen) atoms. The first-order chi connectivity index (χ1) is 15.5. The molecule has 0 bridgehead atoms. The van der Waals surface area contributed by atoms with Crippen molar-refractivity contribution in [3.05, 3.63) is 90.1 Å². The molecule has 1 atom stereocenters. The van der Waals surface area contributed by atoms with Gasteiger partial charge in [0.05, 0.1) is 40.2 Å². The first kappa shape index (κ1) is 19.8. The van der Waals surface area contributed by atoms with Crippen molar-refractivity contribution in [3.63, 3.8) is 0 Å². The van der Waals surface area contributed by atoms with Gasteiger partial charge in [0.15, 0.2) is 0 Å². The van der Waals surface area contributed by atoms with Crippen LogP contribution in [-0.2, 0) is 0 Å². The van der Waals surface area contributed by atoms with Crippen molar-refractivity contribution >= 4 is 33.5 Å². The molecule has 0 fully saturated rings. The Bertz CT molecular complexity index is 1440. The number of rotatable bonds is 5. The van der Waals surface area contributed by atoms with Crippen LogP contribution < -0.4 is 4.90 Å². The van der Waals surface area contributed by atoms with E-state index in [1.165, 1.54) is 5.56 Å². The number of nitrogens with zero attached hydrogens (tertiary/aromatic N) is 3. The molecule has 6 nitrogen and oxygen atoms in total. The zero-order valence-corrected chi connectivity index (χ0v) is 17.8. The van der Waals surface area contributed by atoms with E-state index in [4.69, 9.17) is 4.98 Å². The second kappa shape index (κ2) is 7.81. The first-order valence-electron chi connectivity index (χ1n) is 10.4. The van der Waals surface area contributed by atoms with Crippen molar-refractivity contribution in [3.8, 4) is 11.3 Å². The summed E-state index contributed by atoms with van der Waals surface area (Å²) in [6, 6.07) is 23.6. The van der Waals surface area contributed by atoms with Crippen LogP contribution in [0, 0.1) is 0 Å². The summed E-state index contributed by atoms with van der Waals surface area (Å²) in [5, 5.41) is 18.3. The molecule has 6 heteroatoms. The molecular weight excluding hydrogens is 400 g/mol. The number of aromatic nitrogens is 3. The van der Waals surface area contributed by atoms with Crippen LogP contribution in [0.15, 0.2) is 79.0 Å². The molecule has 0 saturated carbocycles. The van der Waals surface area contributed by atoms with Gasteiger partial charge in [-0.1, -0.05) is 36.4 Å². The largest absolute Gasteiger partial charge is 0.478 e. The molecule has 2 heterocycles. The number of carboxylic acid groups (broad SMARTS) is 1. The molecule has 0 unspecified atom stereocenters. The number of nitrogens with one attached hydrogen (secondary N) is 1. The van der Waals surface area contributed by atoms with Gasteiger partial charge in [-0.15, -0.1) is 0 Å². The number of anilines is 1. The van der Waals surface area contributed by atoms with Crippen LogP contribution in [0.2, 0.25) is 0 Å². The summed E-state index contributed by atoms with van der Waals surface area (Å²) in [5.74, 6) is -0.950. The molecule has 158 valence electrons. The minimum Gasteiger partial charge on any atom is -0.478 e. The van der Waals surface area contributed by atoms with Crippen LogP contribution in [0.25, 0.3) is 33.1 Å². The summed E-state index contributed by atoms with van der Waals surface area (Å²) in [7, 11) is 2.04. The van der Waals surface area contributed by atoms with Gasteiger partial charge in [0, 0.05) is 23.4 Å². The molecule has 0 aliphatic heterocycles. The zero-order chi connectivity index (χ0) is 22.2. The highest BCUT2D eigenvalue weighted by atomic mass is 16.4. The maximum absolute atomic E-state index is 11.5. The second-order valence-corrected chi connectivity index (χ2v) is 7.94. The maximum atomic E-state index is 11.5. The Hall–Kier alpha value is -4.19. The second-order valence-electron chi connectivity index (χ2n) is 7.94. The van der Waals surface area contributed by atoms with Gasteiger partial charge in [-0.05, 0) is 48.9 Å². The molecule has 0 aliphatic rings. The molecule has 5 rings (SSSR count). The van der Waals surface area contributed by atoms with Gasteiger partial charge in [0.25, 0.3) is 0 Å². The standard InChI is InChI=1S/C26H22N4O2/c1-16(17-6-4-3-5-7-17)30(2)24-14-20-13-19(26(31)32)9-10-22(20)28-25(24)18-8-11-23-21(12-18)15-27-29-23/h3-16H,1-2H3,(H,27,29)(H,31,32)/t16-/m0/s1. The highest BCUT2D eigenvalue weighted by Gasteiger charge is 2.19. The number of aromatic carboxylic acids is 1. The lowest BCUT2D eigenvalue weighted by Crippen LogP contribution is -2.22. The fourth-order valence-corrected chi connectivity index (χ4v) is 4.03. The molecule has 3 aromatic carbocycles. The topological polar surface area (TPSA) is 82.1 Å². The van der Waals surface area contributed by atoms with Crippen LogP contribution in [0.4, 0.5) is 5.69 Å². The number of aromatic amines is 1. The first-order valence-corrected chi connectivity index (χ1v) is 10.4. The number of H-pyrrole nitrogens is 1. The summed E-state index contributed by atoms with van der Waals surface area (Å²) in [5.41, 5.74) is 5.90. The van der Waals surface area contributed by atoms with Gasteiger partial charge in [-0.3, -0.25) is 5.10 Å². The maximum Gasteiger partial charge on any atom is 0.335 e. The summed E-state index contributed by atoms with van der Waals surface area (Å²) in [6.45, 7) is 2.15. The van der Waals surface area contributed by atoms with Crippen LogP contribution >= 0.6 is 0 Å². The Kier molecular flexibility index (Phi) is 4.82. The van der Waals surface area contributed by atoms with Crippen LogP contribution in [0.3, 0.4) is 0 Å². The molecule has 2 N–H and O–H groups in total. The van der Waals surface area contributed by atoms with Gasteiger partial charge in [-0.2, -0.15) is 5.10 Å². The van der Waals surface area contributed by atoms with Crippen LogP contribution in [-0.4, -0.2) is 33.3 Å². The summed E-state index contributed by atoms with van der Waals surface area (Å²) in [4.78, 5) is 18.7. The monoisotopic (exact) mass is 422 g/mol.